The minimum Gasteiger partial charge on any atom is -0.504 e. The number of phenolic OH excluding ortho intramolecular Hbond substituents is 1. The summed E-state index contributed by atoms with van der Waals surface area (Å²) in [7, 11) is 1.52. The van der Waals surface area contributed by atoms with Crippen molar-refractivity contribution >= 4 is 5.82 Å². The highest BCUT2D eigenvalue weighted by molar-refractivity contribution is 5.66. The number of benzene rings is 1. The lowest BCUT2D eigenvalue weighted by atomic mass is 10.0. The molecular formula is C20H22N4O2. The van der Waals surface area contributed by atoms with E-state index in [9.17, 15) is 5.11 Å². The quantitative estimate of drug-likeness (QED) is 0.664. The Balaban J connectivity index is 1.86. The lowest BCUT2D eigenvalue weighted by Crippen LogP contribution is -2.12. The fourth-order valence-electron chi connectivity index (χ4n) is 2.80. The number of hydrogen-bond acceptors (Lipinski definition) is 6. The Hall–Kier alpha value is -3.15. The van der Waals surface area contributed by atoms with Crippen molar-refractivity contribution in [3.63, 3.8) is 0 Å². The SMILES string of the molecule is CCCC(Nc1cc(-c2ccc(O)c(OC)c2)ncn1)c1cccnc1. The summed E-state index contributed by atoms with van der Waals surface area (Å²) in [5, 5.41) is 13.2. The zero-order valence-corrected chi connectivity index (χ0v) is 14.9. The third kappa shape index (κ3) is 4.08. The molecule has 6 heteroatoms. The molecule has 0 spiro atoms. The number of anilines is 1. The molecule has 2 aromatic heterocycles. The predicted octanol–water partition coefficient (Wildman–Crippen LogP) is 4.21. The normalized spacial score (nSPS) is 11.8. The Morgan fingerprint density at radius 2 is 2.08 bits per heavy atom. The van der Waals surface area contributed by atoms with E-state index in [1.54, 1.807) is 24.4 Å². The summed E-state index contributed by atoms with van der Waals surface area (Å²) in [6.45, 7) is 2.15. The summed E-state index contributed by atoms with van der Waals surface area (Å²) < 4.78 is 5.18. The van der Waals surface area contributed by atoms with Crippen molar-refractivity contribution in [2.75, 3.05) is 12.4 Å². The van der Waals surface area contributed by atoms with Crippen molar-refractivity contribution in [1.82, 2.24) is 15.0 Å². The molecule has 26 heavy (non-hydrogen) atoms. The van der Waals surface area contributed by atoms with Gasteiger partial charge in [0.2, 0.25) is 0 Å². The number of phenols is 1. The van der Waals surface area contributed by atoms with E-state index in [1.165, 1.54) is 13.4 Å². The van der Waals surface area contributed by atoms with Crippen LogP contribution in [-0.2, 0) is 0 Å². The Morgan fingerprint density at radius 3 is 2.81 bits per heavy atom. The van der Waals surface area contributed by atoms with Crippen molar-refractivity contribution in [2.45, 2.75) is 25.8 Å². The van der Waals surface area contributed by atoms with Gasteiger partial charge in [0.1, 0.15) is 12.1 Å². The van der Waals surface area contributed by atoms with Gasteiger partial charge in [0.15, 0.2) is 11.5 Å². The summed E-state index contributed by atoms with van der Waals surface area (Å²) in [5.74, 6) is 1.25. The molecule has 6 nitrogen and oxygen atoms in total. The van der Waals surface area contributed by atoms with Gasteiger partial charge in [-0.1, -0.05) is 19.4 Å². The number of hydrogen-bond donors (Lipinski definition) is 2. The molecule has 0 saturated carbocycles. The number of aromatic hydroxyl groups is 1. The number of rotatable bonds is 7. The molecule has 1 aromatic carbocycles. The van der Waals surface area contributed by atoms with Crippen molar-refractivity contribution < 1.29 is 9.84 Å². The highest BCUT2D eigenvalue weighted by Crippen LogP contribution is 2.31. The minimum atomic E-state index is 0.100. The van der Waals surface area contributed by atoms with Gasteiger partial charge in [-0.05, 0) is 36.2 Å². The fraction of sp³-hybridized carbons (Fsp3) is 0.250. The Kier molecular flexibility index (Phi) is 5.63. The van der Waals surface area contributed by atoms with Crippen LogP contribution >= 0.6 is 0 Å². The maximum Gasteiger partial charge on any atom is 0.161 e. The summed E-state index contributed by atoms with van der Waals surface area (Å²) in [6, 6.07) is 11.2. The number of methoxy groups -OCH3 is 1. The van der Waals surface area contributed by atoms with Crippen molar-refractivity contribution in [2.24, 2.45) is 0 Å². The van der Waals surface area contributed by atoms with Gasteiger partial charge in [-0.15, -0.1) is 0 Å². The molecule has 3 aromatic rings. The van der Waals surface area contributed by atoms with Gasteiger partial charge in [0.25, 0.3) is 0 Å². The average Bonchev–Trinajstić information content (AvgIpc) is 2.69. The lowest BCUT2D eigenvalue weighted by molar-refractivity contribution is 0.373. The van der Waals surface area contributed by atoms with Crippen LogP contribution in [-0.4, -0.2) is 27.2 Å². The van der Waals surface area contributed by atoms with Crippen molar-refractivity contribution in [1.29, 1.82) is 0 Å². The molecule has 0 amide bonds. The first-order chi connectivity index (χ1) is 12.7. The summed E-state index contributed by atoms with van der Waals surface area (Å²) >= 11 is 0. The van der Waals surface area contributed by atoms with Gasteiger partial charge in [0.05, 0.1) is 18.8 Å². The van der Waals surface area contributed by atoms with Crippen LogP contribution in [0.1, 0.15) is 31.4 Å². The van der Waals surface area contributed by atoms with Gasteiger partial charge in [-0.3, -0.25) is 4.98 Å². The highest BCUT2D eigenvalue weighted by atomic mass is 16.5. The molecule has 0 radical (unpaired) electrons. The smallest absolute Gasteiger partial charge is 0.161 e. The molecular weight excluding hydrogens is 328 g/mol. The van der Waals surface area contributed by atoms with E-state index in [2.05, 4.69) is 33.3 Å². The molecule has 134 valence electrons. The van der Waals surface area contributed by atoms with Crippen LogP contribution in [0.25, 0.3) is 11.3 Å². The number of nitrogens with one attached hydrogen (secondary N) is 1. The first-order valence-corrected chi connectivity index (χ1v) is 8.57. The van der Waals surface area contributed by atoms with Crippen LogP contribution in [0.4, 0.5) is 5.82 Å². The van der Waals surface area contributed by atoms with Gasteiger partial charge < -0.3 is 15.2 Å². The van der Waals surface area contributed by atoms with Gasteiger partial charge in [-0.2, -0.15) is 0 Å². The maximum absolute atomic E-state index is 9.76. The monoisotopic (exact) mass is 350 g/mol. The molecule has 2 heterocycles. The van der Waals surface area contributed by atoms with Crippen LogP contribution in [0, 0.1) is 0 Å². The van der Waals surface area contributed by atoms with Gasteiger partial charge in [-0.25, -0.2) is 9.97 Å². The second-order valence-electron chi connectivity index (χ2n) is 5.95. The summed E-state index contributed by atoms with van der Waals surface area (Å²) in [6.07, 6.45) is 7.19. The van der Waals surface area contributed by atoms with Crippen LogP contribution in [0.3, 0.4) is 0 Å². The minimum absolute atomic E-state index is 0.100. The van der Waals surface area contributed by atoms with Gasteiger partial charge in [0, 0.05) is 24.0 Å². The molecule has 0 fully saturated rings. The first-order valence-electron chi connectivity index (χ1n) is 8.57. The van der Waals surface area contributed by atoms with E-state index in [4.69, 9.17) is 4.74 Å². The third-order valence-corrected chi connectivity index (χ3v) is 4.13. The Morgan fingerprint density at radius 1 is 1.19 bits per heavy atom. The third-order valence-electron chi connectivity index (χ3n) is 4.13. The van der Waals surface area contributed by atoms with Crippen LogP contribution in [0.15, 0.2) is 55.1 Å². The Labute approximate surface area is 152 Å². The largest absolute Gasteiger partial charge is 0.504 e. The number of nitrogens with zero attached hydrogens (tertiary/aromatic N) is 3. The van der Waals surface area contributed by atoms with E-state index in [0.29, 0.717) is 5.75 Å². The van der Waals surface area contributed by atoms with Crippen LogP contribution < -0.4 is 10.1 Å². The number of pyridine rings is 1. The van der Waals surface area contributed by atoms with Gasteiger partial charge >= 0.3 is 0 Å². The molecule has 0 saturated heterocycles. The second kappa shape index (κ2) is 8.29. The number of ether oxygens (including phenoxy) is 1. The number of aromatic nitrogens is 3. The van der Waals surface area contributed by atoms with E-state index in [0.717, 1.165) is 35.5 Å². The molecule has 0 bridgehead atoms. The topological polar surface area (TPSA) is 80.2 Å². The summed E-state index contributed by atoms with van der Waals surface area (Å²) in [5.41, 5.74) is 2.72. The van der Waals surface area contributed by atoms with Crippen molar-refractivity contribution in [3.8, 4) is 22.8 Å². The molecule has 1 atom stereocenters. The van der Waals surface area contributed by atoms with Crippen molar-refractivity contribution in [3.05, 3.63) is 60.7 Å². The fourth-order valence-corrected chi connectivity index (χ4v) is 2.80. The zero-order valence-electron chi connectivity index (χ0n) is 14.9. The standard InChI is InChI=1S/C20H22N4O2/c1-3-5-16(15-6-4-9-21-12-15)24-20-11-17(22-13-23-20)14-7-8-18(25)19(10-14)26-2/h4,6-13,16,25H,3,5H2,1-2H3,(H,22,23,24). The van der Waals surface area contributed by atoms with E-state index in [1.807, 2.05) is 18.3 Å². The van der Waals surface area contributed by atoms with Crippen LogP contribution in [0.2, 0.25) is 0 Å². The zero-order chi connectivity index (χ0) is 18.4. The predicted molar refractivity (Wildman–Crippen MR) is 101 cm³/mol. The Bertz CT molecular complexity index is 855. The molecule has 0 aliphatic carbocycles. The molecule has 0 aliphatic heterocycles. The van der Waals surface area contributed by atoms with E-state index >= 15 is 0 Å². The highest BCUT2D eigenvalue weighted by Gasteiger charge is 2.13. The van der Waals surface area contributed by atoms with Crippen LogP contribution in [0.5, 0.6) is 11.5 Å². The molecule has 1 unspecified atom stereocenters. The average molecular weight is 350 g/mol. The first kappa shape index (κ1) is 17.7. The second-order valence-corrected chi connectivity index (χ2v) is 5.95. The lowest BCUT2D eigenvalue weighted by Gasteiger charge is -2.19. The molecule has 3 rings (SSSR count). The summed E-state index contributed by atoms with van der Waals surface area (Å²) in [4.78, 5) is 12.9. The maximum atomic E-state index is 9.76. The molecule has 0 aliphatic rings. The van der Waals surface area contributed by atoms with E-state index in [-0.39, 0.29) is 11.8 Å². The molecule has 2 N–H and O–H groups in total. The van der Waals surface area contributed by atoms with E-state index < -0.39 is 0 Å².